The van der Waals surface area contributed by atoms with E-state index >= 15 is 0 Å². The van der Waals surface area contributed by atoms with Gasteiger partial charge in [0.1, 0.15) is 11.7 Å². The van der Waals surface area contributed by atoms with Crippen LogP contribution in [0.4, 0.5) is 4.79 Å². The van der Waals surface area contributed by atoms with Crippen LogP contribution in [-0.2, 0) is 20.7 Å². The minimum absolute atomic E-state index is 0.159. The van der Waals surface area contributed by atoms with Crippen LogP contribution >= 0.6 is 0 Å². The van der Waals surface area contributed by atoms with E-state index in [1.807, 2.05) is 32.9 Å². The van der Waals surface area contributed by atoms with Crippen LogP contribution in [0.25, 0.3) is 10.8 Å². The van der Waals surface area contributed by atoms with Gasteiger partial charge in [0.15, 0.2) is 0 Å². The molecule has 4 rings (SSSR count). The summed E-state index contributed by atoms with van der Waals surface area (Å²) in [5.74, 6) is 0.204. The fourth-order valence-corrected chi connectivity index (χ4v) is 5.28. The number of carbonyl (C=O) groups excluding carboxylic acids is 2. The van der Waals surface area contributed by atoms with E-state index in [0.717, 1.165) is 12.0 Å². The van der Waals surface area contributed by atoms with E-state index in [1.54, 1.807) is 0 Å². The number of cyclic esters (lactones) is 1. The van der Waals surface area contributed by atoms with Gasteiger partial charge in [-0.05, 0) is 62.3 Å². The van der Waals surface area contributed by atoms with E-state index in [-0.39, 0.29) is 24.0 Å². The van der Waals surface area contributed by atoms with Crippen LogP contribution in [0.3, 0.4) is 0 Å². The first kappa shape index (κ1) is 23.6. The largest absolute Gasteiger partial charge is 0.460 e. The van der Waals surface area contributed by atoms with Crippen molar-refractivity contribution < 1.29 is 19.1 Å². The third-order valence-corrected chi connectivity index (χ3v) is 6.88. The van der Waals surface area contributed by atoms with E-state index in [4.69, 9.17) is 9.47 Å². The average Bonchev–Trinajstić information content (AvgIpc) is 3.13. The molecule has 2 aliphatic rings. The van der Waals surface area contributed by atoms with E-state index in [1.165, 1.54) is 42.9 Å². The molecule has 0 aromatic heterocycles. The maximum atomic E-state index is 12.8. The molecule has 2 aromatic rings. The molecule has 1 saturated carbocycles. The maximum absolute atomic E-state index is 12.8. The standard InChI is InChI=1S/C28H37NO4/c1-28(2,3)33-27(31)29-24(17-19-9-5-4-6-10-19)25-18-23(26(30)32-25)16-20-13-14-21-11-7-8-12-22(21)15-20/h7-8,11-15,19,23-25H,4-6,9-10,16-18H2,1-3H3,(H,29,31)/t23-,24+,25+/m1/s1. The summed E-state index contributed by atoms with van der Waals surface area (Å²) in [6, 6.07) is 14.4. The number of rotatable bonds is 6. The van der Waals surface area contributed by atoms with Gasteiger partial charge in [-0.1, -0.05) is 74.6 Å². The van der Waals surface area contributed by atoms with Gasteiger partial charge in [0.25, 0.3) is 0 Å². The first-order chi connectivity index (χ1) is 15.8. The number of amides is 1. The molecule has 2 aromatic carbocycles. The lowest BCUT2D eigenvalue weighted by Crippen LogP contribution is -2.46. The second kappa shape index (κ2) is 10.1. The molecule has 3 atom stereocenters. The van der Waals surface area contributed by atoms with Crippen LogP contribution in [-0.4, -0.2) is 29.8 Å². The maximum Gasteiger partial charge on any atom is 0.408 e. The highest BCUT2D eigenvalue weighted by Gasteiger charge is 2.40. The number of alkyl carbamates (subject to hydrolysis) is 1. The number of carbonyl (C=O) groups is 2. The minimum atomic E-state index is -0.565. The second-order valence-corrected chi connectivity index (χ2v) is 10.8. The predicted octanol–water partition coefficient (Wildman–Crippen LogP) is 6.18. The van der Waals surface area contributed by atoms with Crippen LogP contribution in [0.1, 0.15) is 71.3 Å². The highest BCUT2D eigenvalue weighted by molar-refractivity contribution is 5.83. The Hall–Kier alpha value is -2.56. The summed E-state index contributed by atoms with van der Waals surface area (Å²) in [6.07, 6.45) is 7.47. The molecule has 1 saturated heterocycles. The van der Waals surface area contributed by atoms with Gasteiger partial charge in [-0.3, -0.25) is 4.79 Å². The van der Waals surface area contributed by atoms with Crippen molar-refractivity contribution in [2.24, 2.45) is 11.8 Å². The SMILES string of the molecule is CC(C)(C)OC(=O)N[C@@H](CC1CCCCC1)[C@@H]1C[C@@H](Cc2ccc3ccccc3c2)C(=O)O1. The summed E-state index contributed by atoms with van der Waals surface area (Å²) >= 11 is 0. The fourth-order valence-electron chi connectivity index (χ4n) is 5.28. The highest BCUT2D eigenvalue weighted by Crippen LogP contribution is 2.33. The number of fused-ring (bicyclic) bond motifs is 1. The summed E-state index contributed by atoms with van der Waals surface area (Å²) in [7, 11) is 0. The van der Waals surface area contributed by atoms with Crippen molar-refractivity contribution in [1.29, 1.82) is 0 Å². The van der Waals surface area contributed by atoms with Crippen molar-refractivity contribution in [2.45, 2.75) is 89.9 Å². The van der Waals surface area contributed by atoms with Gasteiger partial charge < -0.3 is 14.8 Å². The molecule has 1 amide bonds. The van der Waals surface area contributed by atoms with Crippen molar-refractivity contribution >= 4 is 22.8 Å². The summed E-state index contributed by atoms with van der Waals surface area (Å²) < 4.78 is 11.4. The molecule has 5 heteroatoms. The topological polar surface area (TPSA) is 64.6 Å². The molecular formula is C28H37NO4. The monoisotopic (exact) mass is 451 g/mol. The van der Waals surface area contributed by atoms with E-state index in [2.05, 4.69) is 35.6 Å². The van der Waals surface area contributed by atoms with E-state index in [0.29, 0.717) is 18.8 Å². The van der Waals surface area contributed by atoms with Crippen molar-refractivity contribution in [3.8, 4) is 0 Å². The second-order valence-electron chi connectivity index (χ2n) is 10.8. The molecule has 1 N–H and O–H groups in total. The number of nitrogens with one attached hydrogen (secondary N) is 1. The van der Waals surface area contributed by atoms with Gasteiger partial charge in [-0.15, -0.1) is 0 Å². The van der Waals surface area contributed by atoms with E-state index < -0.39 is 11.7 Å². The Labute approximate surface area is 197 Å². The molecule has 0 bridgehead atoms. The molecule has 33 heavy (non-hydrogen) atoms. The molecule has 0 spiro atoms. The van der Waals surface area contributed by atoms with Crippen LogP contribution in [0, 0.1) is 11.8 Å². The summed E-state index contributed by atoms with van der Waals surface area (Å²) in [5.41, 5.74) is 0.574. The predicted molar refractivity (Wildman–Crippen MR) is 130 cm³/mol. The minimum Gasteiger partial charge on any atom is -0.460 e. The lowest BCUT2D eigenvalue weighted by atomic mass is 9.82. The quantitative estimate of drug-likeness (QED) is 0.533. The number of esters is 1. The van der Waals surface area contributed by atoms with Crippen molar-refractivity contribution in [3.63, 3.8) is 0 Å². The molecule has 1 aliphatic heterocycles. The number of benzene rings is 2. The molecule has 0 unspecified atom stereocenters. The van der Waals surface area contributed by atoms with Crippen molar-refractivity contribution in [1.82, 2.24) is 5.32 Å². The Morgan fingerprint density at radius 2 is 1.82 bits per heavy atom. The highest BCUT2D eigenvalue weighted by atomic mass is 16.6. The van der Waals surface area contributed by atoms with E-state index in [9.17, 15) is 9.59 Å². The Kier molecular flexibility index (Phi) is 7.26. The zero-order chi connectivity index (χ0) is 23.4. The van der Waals surface area contributed by atoms with Gasteiger partial charge in [-0.2, -0.15) is 0 Å². The molecule has 5 nitrogen and oxygen atoms in total. The lowest BCUT2D eigenvalue weighted by Gasteiger charge is -2.30. The lowest BCUT2D eigenvalue weighted by molar-refractivity contribution is -0.145. The van der Waals surface area contributed by atoms with Crippen molar-refractivity contribution in [2.75, 3.05) is 0 Å². The molecule has 178 valence electrons. The van der Waals surface area contributed by atoms with Gasteiger partial charge in [0.05, 0.1) is 12.0 Å². The van der Waals surface area contributed by atoms with Crippen LogP contribution in [0.5, 0.6) is 0 Å². The molecular weight excluding hydrogens is 414 g/mol. The van der Waals surface area contributed by atoms with Gasteiger partial charge >= 0.3 is 12.1 Å². The molecule has 2 fully saturated rings. The third-order valence-electron chi connectivity index (χ3n) is 6.88. The van der Waals surface area contributed by atoms with Crippen LogP contribution in [0.2, 0.25) is 0 Å². The molecule has 1 aliphatic carbocycles. The van der Waals surface area contributed by atoms with Gasteiger partial charge in [-0.25, -0.2) is 4.79 Å². The Balaban J connectivity index is 1.44. The van der Waals surface area contributed by atoms with Crippen LogP contribution < -0.4 is 5.32 Å². The summed E-state index contributed by atoms with van der Waals surface area (Å²) in [5, 5.41) is 5.43. The smallest absolute Gasteiger partial charge is 0.408 e. The van der Waals surface area contributed by atoms with Gasteiger partial charge in [0, 0.05) is 0 Å². The zero-order valence-corrected chi connectivity index (χ0v) is 20.1. The summed E-state index contributed by atoms with van der Waals surface area (Å²) in [4.78, 5) is 25.4. The molecule has 1 heterocycles. The third kappa shape index (κ3) is 6.49. The Bertz CT molecular complexity index is 973. The zero-order valence-electron chi connectivity index (χ0n) is 20.1. The van der Waals surface area contributed by atoms with Crippen molar-refractivity contribution in [3.05, 3.63) is 48.0 Å². The normalized spacial score (nSPS) is 22.7. The Morgan fingerprint density at radius 3 is 2.55 bits per heavy atom. The fraction of sp³-hybridized carbons (Fsp3) is 0.571. The Morgan fingerprint density at radius 1 is 1.09 bits per heavy atom. The average molecular weight is 452 g/mol. The molecule has 0 radical (unpaired) electrons. The summed E-state index contributed by atoms with van der Waals surface area (Å²) in [6.45, 7) is 5.58. The van der Waals surface area contributed by atoms with Gasteiger partial charge in [0.2, 0.25) is 0 Å². The first-order valence-corrected chi connectivity index (χ1v) is 12.4. The first-order valence-electron chi connectivity index (χ1n) is 12.4. The number of ether oxygens (including phenoxy) is 2. The number of hydrogen-bond acceptors (Lipinski definition) is 4. The van der Waals surface area contributed by atoms with Crippen LogP contribution in [0.15, 0.2) is 42.5 Å². The number of hydrogen-bond donors (Lipinski definition) is 1.